The van der Waals surface area contributed by atoms with Crippen molar-refractivity contribution in [3.8, 4) is 0 Å². The Hall–Kier alpha value is -1.47. The standard InChI is InChI=1S/C11H19FN6/c1-2-18-5-3-4-8(18)6-14-10-9(12)7-15-11(16-10)17-13/h7-8H,2-6,13H2,1H3,(H2,14,15,16,17). The third-order valence-corrected chi connectivity index (χ3v) is 3.28. The first-order chi connectivity index (χ1) is 8.74. The summed E-state index contributed by atoms with van der Waals surface area (Å²) in [7, 11) is 0. The number of anilines is 2. The van der Waals surface area contributed by atoms with Crippen molar-refractivity contribution in [2.24, 2.45) is 5.84 Å². The van der Waals surface area contributed by atoms with Gasteiger partial charge < -0.3 is 5.32 Å². The molecule has 18 heavy (non-hydrogen) atoms. The van der Waals surface area contributed by atoms with Gasteiger partial charge in [0.1, 0.15) is 0 Å². The van der Waals surface area contributed by atoms with Crippen LogP contribution in [0.4, 0.5) is 16.2 Å². The van der Waals surface area contributed by atoms with Gasteiger partial charge in [0.15, 0.2) is 11.6 Å². The van der Waals surface area contributed by atoms with Gasteiger partial charge in [-0.1, -0.05) is 6.92 Å². The van der Waals surface area contributed by atoms with Crippen molar-refractivity contribution in [3.63, 3.8) is 0 Å². The van der Waals surface area contributed by atoms with E-state index < -0.39 is 5.82 Å². The van der Waals surface area contributed by atoms with Crippen molar-refractivity contribution in [1.82, 2.24) is 14.9 Å². The van der Waals surface area contributed by atoms with Crippen molar-refractivity contribution in [1.29, 1.82) is 0 Å². The fourth-order valence-corrected chi connectivity index (χ4v) is 2.32. The van der Waals surface area contributed by atoms with Crippen LogP contribution in [-0.2, 0) is 0 Å². The number of likely N-dealkylation sites (tertiary alicyclic amines) is 1. The number of halogens is 1. The second-order valence-electron chi connectivity index (χ2n) is 4.34. The maximum atomic E-state index is 13.5. The number of hydrazine groups is 1. The minimum absolute atomic E-state index is 0.195. The zero-order valence-electron chi connectivity index (χ0n) is 10.5. The molecule has 2 heterocycles. The van der Waals surface area contributed by atoms with Gasteiger partial charge in [0.05, 0.1) is 6.20 Å². The Kier molecular flexibility index (Phi) is 4.27. The second-order valence-corrected chi connectivity index (χ2v) is 4.34. The normalized spacial score (nSPS) is 20.1. The molecule has 1 atom stereocenters. The van der Waals surface area contributed by atoms with Crippen LogP contribution < -0.4 is 16.6 Å². The summed E-state index contributed by atoms with van der Waals surface area (Å²) >= 11 is 0. The van der Waals surface area contributed by atoms with E-state index in [2.05, 4.69) is 32.5 Å². The predicted molar refractivity (Wildman–Crippen MR) is 68.6 cm³/mol. The molecule has 7 heteroatoms. The van der Waals surface area contributed by atoms with Crippen LogP contribution in [0.3, 0.4) is 0 Å². The Balaban J connectivity index is 1.97. The number of nitrogens with one attached hydrogen (secondary N) is 2. The van der Waals surface area contributed by atoms with Crippen LogP contribution >= 0.6 is 0 Å². The van der Waals surface area contributed by atoms with Gasteiger partial charge in [-0.05, 0) is 25.9 Å². The van der Waals surface area contributed by atoms with Crippen LogP contribution in [0.1, 0.15) is 19.8 Å². The van der Waals surface area contributed by atoms with Crippen LogP contribution in [0.2, 0.25) is 0 Å². The van der Waals surface area contributed by atoms with Crippen LogP contribution in [0, 0.1) is 5.82 Å². The highest BCUT2D eigenvalue weighted by molar-refractivity contribution is 5.40. The first kappa shape index (κ1) is 13.0. The van der Waals surface area contributed by atoms with Gasteiger partial charge in [-0.25, -0.2) is 15.2 Å². The van der Waals surface area contributed by atoms with Gasteiger partial charge in [-0.15, -0.1) is 0 Å². The van der Waals surface area contributed by atoms with Crippen molar-refractivity contribution in [3.05, 3.63) is 12.0 Å². The summed E-state index contributed by atoms with van der Waals surface area (Å²) in [5.41, 5.74) is 2.30. The SMILES string of the molecule is CCN1CCCC1CNc1nc(NN)ncc1F. The molecular formula is C11H19FN6. The van der Waals surface area contributed by atoms with Crippen molar-refractivity contribution < 1.29 is 4.39 Å². The van der Waals surface area contributed by atoms with E-state index in [1.165, 1.54) is 6.42 Å². The molecule has 0 bridgehead atoms. The molecule has 1 saturated heterocycles. The molecular weight excluding hydrogens is 235 g/mol. The quantitative estimate of drug-likeness (QED) is 0.533. The molecule has 1 aliphatic heterocycles. The highest BCUT2D eigenvalue weighted by atomic mass is 19.1. The Morgan fingerprint density at radius 2 is 2.44 bits per heavy atom. The van der Waals surface area contributed by atoms with Gasteiger partial charge in [0.25, 0.3) is 0 Å². The maximum absolute atomic E-state index is 13.5. The van der Waals surface area contributed by atoms with E-state index >= 15 is 0 Å². The summed E-state index contributed by atoms with van der Waals surface area (Å²) in [5.74, 6) is 5.14. The van der Waals surface area contributed by atoms with Crippen LogP contribution in [0.15, 0.2) is 6.20 Å². The Morgan fingerprint density at radius 1 is 1.61 bits per heavy atom. The zero-order chi connectivity index (χ0) is 13.0. The molecule has 0 saturated carbocycles. The minimum Gasteiger partial charge on any atom is -0.366 e. The van der Waals surface area contributed by atoms with E-state index in [0.717, 1.165) is 25.7 Å². The van der Waals surface area contributed by atoms with E-state index in [-0.39, 0.29) is 11.8 Å². The highest BCUT2D eigenvalue weighted by Gasteiger charge is 2.23. The second kappa shape index (κ2) is 5.92. The number of nitrogen functional groups attached to an aromatic ring is 1. The van der Waals surface area contributed by atoms with E-state index in [4.69, 9.17) is 5.84 Å². The smallest absolute Gasteiger partial charge is 0.239 e. The summed E-state index contributed by atoms with van der Waals surface area (Å²) in [5, 5.41) is 3.03. The van der Waals surface area contributed by atoms with Gasteiger partial charge in [-0.2, -0.15) is 4.98 Å². The summed E-state index contributed by atoms with van der Waals surface area (Å²) in [6.07, 6.45) is 3.44. The number of nitrogens with zero attached hydrogens (tertiary/aromatic N) is 3. The van der Waals surface area contributed by atoms with Gasteiger partial charge in [-0.3, -0.25) is 10.3 Å². The van der Waals surface area contributed by atoms with Gasteiger partial charge >= 0.3 is 0 Å². The number of aromatic nitrogens is 2. The minimum atomic E-state index is -0.463. The maximum Gasteiger partial charge on any atom is 0.239 e. The van der Waals surface area contributed by atoms with Crippen molar-refractivity contribution >= 4 is 11.8 Å². The summed E-state index contributed by atoms with van der Waals surface area (Å²) in [4.78, 5) is 10.0. The van der Waals surface area contributed by atoms with E-state index in [1.54, 1.807) is 0 Å². The van der Waals surface area contributed by atoms with Crippen LogP contribution in [0.5, 0.6) is 0 Å². The monoisotopic (exact) mass is 254 g/mol. The van der Waals surface area contributed by atoms with E-state index in [0.29, 0.717) is 12.6 Å². The topological polar surface area (TPSA) is 79.1 Å². The summed E-state index contributed by atoms with van der Waals surface area (Å²) in [6, 6.07) is 0.443. The lowest BCUT2D eigenvalue weighted by molar-refractivity contribution is 0.276. The van der Waals surface area contributed by atoms with Crippen LogP contribution in [0.25, 0.3) is 0 Å². The Morgan fingerprint density at radius 3 is 3.17 bits per heavy atom. The fourth-order valence-electron chi connectivity index (χ4n) is 2.32. The summed E-state index contributed by atoms with van der Waals surface area (Å²) < 4.78 is 13.5. The van der Waals surface area contributed by atoms with E-state index in [9.17, 15) is 4.39 Å². The molecule has 1 aliphatic rings. The zero-order valence-corrected chi connectivity index (χ0v) is 10.5. The number of rotatable bonds is 5. The lowest BCUT2D eigenvalue weighted by Gasteiger charge is -2.23. The molecule has 0 spiro atoms. The molecule has 1 unspecified atom stereocenters. The molecule has 0 aliphatic carbocycles. The Bertz CT molecular complexity index is 399. The molecule has 1 aromatic rings. The average Bonchev–Trinajstić information content (AvgIpc) is 2.85. The first-order valence-corrected chi connectivity index (χ1v) is 6.21. The molecule has 6 nitrogen and oxygen atoms in total. The lowest BCUT2D eigenvalue weighted by Crippen LogP contribution is -2.35. The molecule has 0 radical (unpaired) electrons. The lowest BCUT2D eigenvalue weighted by atomic mass is 10.2. The molecule has 4 N–H and O–H groups in total. The van der Waals surface area contributed by atoms with Gasteiger partial charge in [0.2, 0.25) is 5.95 Å². The molecule has 0 aromatic carbocycles. The summed E-state index contributed by atoms with van der Waals surface area (Å²) in [6.45, 7) is 4.96. The van der Waals surface area contributed by atoms with Gasteiger partial charge in [0, 0.05) is 12.6 Å². The number of likely N-dealkylation sites (N-methyl/N-ethyl adjacent to an activating group) is 1. The molecule has 100 valence electrons. The largest absolute Gasteiger partial charge is 0.366 e. The molecule has 1 aromatic heterocycles. The Labute approximate surface area is 106 Å². The number of nitrogens with two attached hydrogens (primary N) is 1. The predicted octanol–water partition coefficient (Wildman–Crippen LogP) is 0.797. The third-order valence-electron chi connectivity index (χ3n) is 3.28. The van der Waals surface area contributed by atoms with Crippen molar-refractivity contribution in [2.75, 3.05) is 30.4 Å². The molecule has 1 fully saturated rings. The fraction of sp³-hybridized carbons (Fsp3) is 0.636. The number of hydrogen-bond donors (Lipinski definition) is 3. The number of hydrogen-bond acceptors (Lipinski definition) is 6. The van der Waals surface area contributed by atoms with E-state index in [1.807, 2.05) is 0 Å². The molecule has 2 rings (SSSR count). The average molecular weight is 254 g/mol. The highest BCUT2D eigenvalue weighted by Crippen LogP contribution is 2.18. The first-order valence-electron chi connectivity index (χ1n) is 6.21. The third kappa shape index (κ3) is 2.85. The molecule has 0 amide bonds. The van der Waals surface area contributed by atoms with Crippen molar-refractivity contribution in [2.45, 2.75) is 25.8 Å². The van der Waals surface area contributed by atoms with Crippen LogP contribution in [-0.4, -0.2) is 40.5 Å².